The van der Waals surface area contributed by atoms with Gasteiger partial charge in [0, 0.05) is 21.1 Å². The van der Waals surface area contributed by atoms with Crippen LogP contribution in [0.5, 0.6) is 0 Å². The Labute approximate surface area is 161 Å². The van der Waals surface area contributed by atoms with Crippen molar-refractivity contribution in [2.24, 2.45) is 0 Å². The van der Waals surface area contributed by atoms with Crippen LogP contribution in [-0.2, 0) is 9.53 Å². The predicted octanol–water partition coefficient (Wildman–Crippen LogP) is 4.19. The minimum absolute atomic E-state index is 0.199. The lowest BCUT2D eigenvalue weighted by atomic mass is 10.2. The van der Waals surface area contributed by atoms with Crippen LogP contribution in [0.3, 0.4) is 0 Å². The first-order chi connectivity index (χ1) is 12.2. The maximum atomic E-state index is 13.1. The van der Waals surface area contributed by atoms with Crippen molar-refractivity contribution >= 4 is 55.1 Å². The van der Waals surface area contributed by atoms with E-state index in [1.54, 1.807) is 0 Å². The highest BCUT2D eigenvalue weighted by atomic mass is 79.9. The molecule has 0 spiro atoms. The van der Waals surface area contributed by atoms with Crippen LogP contribution >= 0.6 is 31.9 Å². The van der Waals surface area contributed by atoms with Crippen molar-refractivity contribution in [2.45, 2.75) is 0 Å². The number of benzene rings is 2. The molecule has 2 rings (SSSR count). The molecule has 1 amide bonds. The van der Waals surface area contributed by atoms with Crippen molar-refractivity contribution in [3.8, 4) is 0 Å². The average molecular weight is 494 g/mol. The fourth-order valence-electron chi connectivity index (χ4n) is 1.80. The van der Waals surface area contributed by atoms with E-state index in [-0.39, 0.29) is 25.9 Å². The highest BCUT2D eigenvalue weighted by Crippen LogP contribution is 2.35. The molecule has 136 valence electrons. The SMILES string of the molecule is O=C(COC(=O)c1ccc(F)c(F)c1)Nc1c(Br)cc([N+](=O)[O-])cc1Br. The Balaban J connectivity index is 2.02. The molecule has 0 saturated heterocycles. The molecule has 2 aromatic rings. The molecule has 11 heteroatoms. The van der Waals surface area contributed by atoms with Crippen LogP contribution in [0.1, 0.15) is 10.4 Å². The monoisotopic (exact) mass is 492 g/mol. The van der Waals surface area contributed by atoms with Crippen molar-refractivity contribution in [3.63, 3.8) is 0 Å². The lowest BCUT2D eigenvalue weighted by Gasteiger charge is -2.10. The van der Waals surface area contributed by atoms with Crippen molar-refractivity contribution in [1.29, 1.82) is 0 Å². The summed E-state index contributed by atoms with van der Waals surface area (Å²) in [5.74, 6) is -4.09. The minimum Gasteiger partial charge on any atom is -0.452 e. The average Bonchev–Trinajstić information content (AvgIpc) is 2.58. The van der Waals surface area contributed by atoms with E-state index < -0.39 is 35.0 Å². The van der Waals surface area contributed by atoms with Crippen LogP contribution in [0, 0.1) is 21.7 Å². The van der Waals surface area contributed by atoms with Gasteiger partial charge in [0.25, 0.3) is 11.6 Å². The number of amides is 1. The molecule has 0 radical (unpaired) electrons. The molecule has 7 nitrogen and oxygen atoms in total. The van der Waals surface area contributed by atoms with Crippen LogP contribution in [-0.4, -0.2) is 23.4 Å². The topological polar surface area (TPSA) is 98.5 Å². The van der Waals surface area contributed by atoms with Gasteiger partial charge < -0.3 is 10.1 Å². The number of non-ortho nitro benzene ring substituents is 1. The summed E-state index contributed by atoms with van der Waals surface area (Å²) >= 11 is 6.18. The van der Waals surface area contributed by atoms with Gasteiger partial charge in [-0.25, -0.2) is 13.6 Å². The molecule has 0 saturated carbocycles. The summed E-state index contributed by atoms with van der Waals surface area (Å²) in [4.78, 5) is 33.8. The van der Waals surface area contributed by atoms with E-state index in [4.69, 9.17) is 4.74 Å². The summed E-state index contributed by atoms with van der Waals surface area (Å²) in [5, 5.41) is 13.2. The summed E-state index contributed by atoms with van der Waals surface area (Å²) in [6.07, 6.45) is 0. The van der Waals surface area contributed by atoms with Crippen molar-refractivity contribution < 1.29 is 28.0 Å². The Hall–Kier alpha value is -2.40. The third-order valence-corrected chi connectivity index (χ3v) is 4.24. The third kappa shape index (κ3) is 4.82. The normalized spacial score (nSPS) is 10.3. The van der Waals surface area contributed by atoms with Gasteiger partial charge in [0.1, 0.15) is 0 Å². The van der Waals surface area contributed by atoms with Gasteiger partial charge in [-0.3, -0.25) is 14.9 Å². The highest BCUT2D eigenvalue weighted by Gasteiger charge is 2.17. The number of hydrogen-bond acceptors (Lipinski definition) is 5. The molecule has 0 aliphatic carbocycles. The predicted molar refractivity (Wildman–Crippen MR) is 93.8 cm³/mol. The molecule has 0 aromatic heterocycles. The molecule has 0 aliphatic heterocycles. The van der Waals surface area contributed by atoms with Crippen molar-refractivity contribution in [3.05, 3.63) is 66.6 Å². The molecule has 26 heavy (non-hydrogen) atoms. The maximum absolute atomic E-state index is 13.1. The summed E-state index contributed by atoms with van der Waals surface area (Å²) in [7, 11) is 0. The fourth-order valence-corrected chi connectivity index (χ4v) is 3.16. The molecule has 1 N–H and O–H groups in total. The van der Waals surface area contributed by atoms with Crippen LogP contribution in [0.15, 0.2) is 39.3 Å². The Morgan fingerprint density at radius 3 is 2.27 bits per heavy atom. The largest absolute Gasteiger partial charge is 0.452 e. The zero-order chi connectivity index (χ0) is 19.4. The second kappa shape index (κ2) is 8.32. The van der Waals surface area contributed by atoms with E-state index in [1.807, 2.05) is 0 Å². The second-order valence-electron chi connectivity index (χ2n) is 4.79. The number of nitrogens with one attached hydrogen (secondary N) is 1. The third-order valence-electron chi connectivity index (χ3n) is 2.99. The number of halogens is 4. The summed E-state index contributed by atoms with van der Waals surface area (Å²) in [5.41, 5.74) is -0.259. The summed E-state index contributed by atoms with van der Waals surface area (Å²) in [6, 6.07) is 4.81. The molecule has 0 atom stereocenters. The first-order valence-corrected chi connectivity index (χ1v) is 8.33. The van der Waals surface area contributed by atoms with Gasteiger partial charge in [0.2, 0.25) is 0 Å². The Bertz CT molecular complexity index is 885. The number of carbonyl (C=O) groups excluding carboxylic acids is 2. The molecule has 0 heterocycles. The summed E-state index contributed by atoms with van der Waals surface area (Å²) < 4.78 is 31.1. The zero-order valence-corrected chi connectivity index (χ0v) is 15.8. The Morgan fingerprint density at radius 2 is 1.73 bits per heavy atom. The number of esters is 1. The number of nitro groups is 1. The maximum Gasteiger partial charge on any atom is 0.338 e. The van der Waals surface area contributed by atoms with Crippen LogP contribution in [0.2, 0.25) is 0 Å². The van der Waals surface area contributed by atoms with Gasteiger partial charge in [0.05, 0.1) is 16.2 Å². The number of ether oxygens (including phenoxy) is 1. The number of hydrogen-bond donors (Lipinski definition) is 1. The highest BCUT2D eigenvalue weighted by molar-refractivity contribution is 9.11. The van der Waals surface area contributed by atoms with Crippen molar-refractivity contribution in [1.82, 2.24) is 0 Å². The lowest BCUT2D eigenvalue weighted by molar-refractivity contribution is -0.385. The van der Waals surface area contributed by atoms with Gasteiger partial charge in [-0.05, 0) is 50.1 Å². The van der Waals surface area contributed by atoms with Gasteiger partial charge in [-0.2, -0.15) is 0 Å². The molecule has 0 unspecified atom stereocenters. The van der Waals surface area contributed by atoms with Gasteiger partial charge in [0.15, 0.2) is 18.2 Å². The Kier molecular flexibility index (Phi) is 6.37. The van der Waals surface area contributed by atoms with Gasteiger partial charge >= 0.3 is 5.97 Å². The first kappa shape index (κ1) is 19.9. The van der Waals surface area contributed by atoms with Crippen LogP contribution in [0.4, 0.5) is 20.2 Å². The van der Waals surface area contributed by atoms with E-state index in [0.29, 0.717) is 6.07 Å². The molecule has 0 fully saturated rings. The second-order valence-corrected chi connectivity index (χ2v) is 6.50. The number of nitro benzene ring substituents is 1. The van der Waals surface area contributed by atoms with E-state index >= 15 is 0 Å². The number of rotatable bonds is 5. The van der Waals surface area contributed by atoms with E-state index in [9.17, 15) is 28.5 Å². The van der Waals surface area contributed by atoms with E-state index in [1.165, 1.54) is 12.1 Å². The molecule has 2 aromatic carbocycles. The molecule has 0 bridgehead atoms. The number of carbonyl (C=O) groups is 2. The number of nitrogens with zero attached hydrogens (tertiary/aromatic N) is 1. The molecular weight excluding hydrogens is 486 g/mol. The zero-order valence-electron chi connectivity index (χ0n) is 12.6. The summed E-state index contributed by atoms with van der Waals surface area (Å²) in [6.45, 7) is -0.701. The standard InChI is InChI=1S/C15H8Br2F2N2O5/c16-9-4-8(21(24)25)5-10(17)14(9)20-13(22)6-26-15(23)7-1-2-11(18)12(19)3-7/h1-5H,6H2,(H,20,22). The van der Waals surface area contributed by atoms with E-state index in [2.05, 4.69) is 37.2 Å². The van der Waals surface area contributed by atoms with E-state index in [0.717, 1.165) is 12.1 Å². The Morgan fingerprint density at radius 1 is 1.12 bits per heavy atom. The van der Waals surface area contributed by atoms with Crippen molar-refractivity contribution in [2.75, 3.05) is 11.9 Å². The first-order valence-electron chi connectivity index (χ1n) is 6.74. The smallest absolute Gasteiger partial charge is 0.338 e. The van der Waals surface area contributed by atoms with Gasteiger partial charge in [-0.15, -0.1) is 0 Å². The quantitative estimate of drug-likeness (QED) is 0.382. The number of anilines is 1. The minimum atomic E-state index is -1.22. The van der Waals surface area contributed by atoms with Crippen LogP contribution < -0.4 is 5.32 Å². The molecule has 0 aliphatic rings. The molecular formula is C15H8Br2F2N2O5. The fraction of sp³-hybridized carbons (Fsp3) is 0.0667. The van der Waals surface area contributed by atoms with Gasteiger partial charge in [-0.1, -0.05) is 0 Å². The lowest BCUT2D eigenvalue weighted by Crippen LogP contribution is -2.21. The van der Waals surface area contributed by atoms with Crippen LogP contribution in [0.25, 0.3) is 0 Å².